The van der Waals surface area contributed by atoms with Crippen molar-refractivity contribution in [1.82, 2.24) is 9.80 Å². The molecule has 2 rings (SSSR count). The van der Waals surface area contributed by atoms with Gasteiger partial charge in [-0.15, -0.1) is 0 Å². The molecule has 1 amide bonds. The van der Waals surface area contributed by atoms with Crippen LogP contribution in [-0.2, 0) is 11.0 Å². The van der Waals surface area contributed by atoms with Crippen molar-refractivity contribution in [2.75, 3.05) is 50.7 Å². The van der Waals surface area contributed by atoms with Crippen LogP contribution < -0.4 is 4.90 Å². The van der Waals surface area contributed by atoms with E-state index in [1.807, 2.05) is 18.7 Å². The number of halogens is 4. The third-order valence-electron chi connectivity index (χ3n) is 4.75. The quantitative estimate of drug-likeness (QED) is 0.520. The van der Waals surface area contributed by atoms with Gasteiger partial charge in [0.25, 0.3) is 5.69 Å². The molecule has 0 aromatic heterocycles. The highest BCUT2D eigenvalue weighted by Gasteiger charge is 2.37. The van der Waals surface area contributed by atoms with E-state index in [0.29, 0.717) is 45.3 Å². The van der Waals surface area contributed by atoms with Gasteiger partial charge in [0.05, 0.1) is 22.1 Å². The Morgan fingerprint density at radius 3 is 2.25 bits per heavy atom. The van der Waals surface area contributed by atoms with Crippen LogP contribution in [0.1, 0.15) is 19.4 Å². The summed E-state index contributed by atoms with van der Waals surface area (Å²) in [7, 11) is 0. The van der Waals surface area contributed by atoms with Crippen molar-refractivity contribution < 1.29 is 22.9 Å². The van der Waals surface area contributed by atoms with Crippen LogP contribution in [0, 0.1) is 10.1 Å². The van der Waals surface area contributed by atoms with E-state index in [9.17, 15) is 28.1 Å². The van der Waals surface area contributed by atoms with E-state index in [2.05, 4.69) is 0 Å². The van der Waals surface area contributed by atoms with E-state index in [1.54, 1.807) is 9.80 Å². The Labute approximate surface area is 165 Å². The molecule has 7 nitrogen and oxygen atoms in total. The molecule has 1 saturated heterocycles. The molecule has 1 fully saturated rings. The van der Waals surface area contributed by atoms with E-state index < -0.39 is 27.4 Å². The van der Waals surface area contributed by atoms with Gasteiger partial charge in [0.2, 0.25) is 5.91 Å². The van der Waals surface area contributed by atoms with E-state index in [0.717, 1.165) is 6.07 Å². The van der Waals surface area contributed by atoms with Crippen LogP contribution in [0.3, 0.4) is 0 Å². The highest BCUT2D eigenvalue weighted by atomic mass is 35.5. The largest absolute Gasteiger partial charge is 0.418 e. The molecule has 28 heavy (non-hydrogen) atoms. The number of hydrogen-bond acceptors (Lipinski definition) is 5. The summed E-state index contributed by atoms with van der Waals surface area (Å²) < 4.78 is 39.0. The molecule has 1 aromatic rings. The first-order valence-corrected chi connectivity index (χ1v) is 9.26. The SMILES string of the molecule is CCN(CC)C(=O)CN1CCN(c2cc(Cl)c(C(F)(F)F)cc2[N+](=O)[O-])CC1. The Morgan fingerprint density at radius 1 is 1.21 bits per heavy atom. The number of nitro groups is 1. The maximum atomic E-state index is 13.0. The summed E-state index contributed by atoms with van der Waals surface area (Å²) in [6.45, 7) is 6.87. The van der Waals surface area contributed by atoms with Gasteiger partial charge >= 0.3 is 6.18 Å². The van der Waals surface area contributed by atoms with Crippen LogP contribution >= 0.6 is 11.6 Å². The number of carbonyl (C=O) groups excluding carboxylic acids is 1. The molecule has 1 aliphatic heterocycles. The van der Waals surface area contributed by atoms with Crippen molar-refractivity contribution in [3.05, 3.63) is 32.8 Å². The maximum Gasteiger partial charge on any atom is 0.418 e. The van der Waals surface area contributed by atoms with Crippen LogP contribution in [0.5, 0.6) is 0 Å². The number of anilines is 1. The molecule has 0 N–H and O–H groups in total. The predicted molar refractivity (Wildman–Crippen MR) is 99.7 cm³/mol. The number of hydrogen-bond donors (Lipinski definition) is 0. The first kappa shape index (κ1) is 22.2. The Morgan fingerprint density at radius 2 is 1.79 bits per heavy atom. The lowest BCUT2D eigenvalue weighted by molar-refractivity contribution is -0.384. The van der Waals surface area contributed by atoms with Gasteiger partial charge in [-0.1, -0.05) is 11.6 Å². The van der Waals surface area contributed by atoms with E-state index in [-0.39, 0.29) is 18.1 Å². The summed E-state index contributed by atoms with van der Waals surface area (Å²) in [6, 6.07) is 1.48. The number of likely N-dealkylation sites (N-methyl/N-ethyl adjacent to an activating group) is 1. The fraction of sp³-hybridized carbons (Fsp3) is 0.588. The van der Waals surface area contributed by atoms with Crippen LogP contribution in [-0.4, -0.2) is 66.4 Å². The standard InChI is InChI=1S/C17H22ClF3N4O3/c1-3-23(4-2)16(26)11-22-5-7-24(8-6-22)14-10-13(18)12(17(19,20)21)9-15(14)25(27)28/h9-10H,3-8,11H2,1-2H3. The molecular weight excluding hydrogens is 401 g/mol. The number of alkyl halides is 3. The molecule has 1 heterocycles. The molecule has 0 atom stereocenters. The van der Waals surface area contributed by atoms with E-state index in [4.69, 9.17) is 11.6 Å². The minimum Gasteiger partial charge on any atom is -0.363 e. The Bertz CT molecular complexity index is 733. The zero-order valence-electron chi connectivity index (χ0n) is 15.6. The highest BCUT2D eigenvalue weighted by Crippen LogP contribution is 2.41. The number of carbonyl (C=O) groups is 1. The number of piperazine rings is 1. The van der Waals surface area contributed by atoms with Crippen molar-refractivity contribution in [1.29, 1.82) is 0 Å². The van der Waals surface area contributed by atoms with Gasteiger partial charge in [0.1, 0.15) is 5.69 Å². The molecule has 0 bridgehead atoms. The van der Waals surface area contributed by atoms with Crippen molar-refractivity contribution >= 4 is 28.9 Å². The third-order valence-corrected chi connectivity index (χ3v) is 5.07. The number of rotatable bonds is 6. The molecule has 156 valence electrons. The predicted octanol–water partition coefficient (Wildman–Crippen LogP) is 3.26. The topological polar surface area (TPSA) is 69.9 Å². The van der Waals surface area contributed by atoms with Gasteiger partial charge in [0, 0.05) is 45.3 Å². The Balaban J connectivity index is 2.15. The lowest BCUT2D eigenvalue weighted by Crippen LogP contribution is -2.50. The maximum absolute atomic E-state index is 13.0. The minimum atomic E-state index is -4.77. The van der Waals surface area contributed by atoms with Gasteiger partial charge in [0.15, 0.2) is 0 Å². The summed E-state index contributed by atoms with van der Waals surface area (Å²) >= 11 is 5.74. The first-order valence-electron chi connectivity index (χ1n) is 8.88. The normalized spacial score (nSPS) is 15.6. The van der Waals surface area contributed by atoms with Crippen molar-refractivity contribution in [3.8, 4) is 0 Å². The van der Waals surface area contributed by atoms with Crippen LogP contribution in [0.2, 0.25) is 5.02 Å². The molecular formula is C17H22ClF3N4O3. The summed E-state index contributed by atoms with van der Waals surface area (Å²) in [6.07, 6.45) is -4.77. The molecule has 0 saturated carbocycles. The minimum absolute atomic E-state index is 0.00186. The van der Waals surface area contributed by atoms with E-state index >= 15 is 0 Å². The lowest BCUT2D eigenvalue weighted by Gasteiger charge is -2.36. The molecule has 1 aromatic carbocycles. The second-order valence-corrected chi connectivity index (χ2v) is 6.81. The van der Waals surface area contributed by atoms with Crippen LogP contribution in [0.25, 0.3) is 0 Å². The fourth-order valence-electron chi connectivity index (χ4n) is 3.18. The van der Waals surface area contributed by atoms with Crippen LogP contribution in [0.15, 0.2) is 12.1 Å². The fourth-order valence-corrected chi connectivity index (χ4v) is 3.45. The summed E-state index contributed by atoms with van der Waals surface area (Å²) in [5.74, 6) is 0.00186. The molecule has 0 unspecified atom stereocenters. The average Bonchev–Trinajstić information content (AvgIpc) is 2.61. The Hall–Kier alpha value is -2.07. The second-order valence-electron chi connectivity index (χ2n) is 6.40. The van der Waals surface area contributed by atoms with Gasteiger partial charge in [-0.05, 0) is 19.9 Å². The third kappa shape index (κ3) is 5.05. The molecule has 0 radical (unpaired) electrons. The van der Waals surface area contributed by atoms with Crippen molar-refractivity contribution in [2.24, 2.45) is 0 Å². The van der Waals surface area contributed by atoms with Gasteiger partial charge in [-0.2, -0.15) is 13.2 Å². The lowest BCUT2D eigenvalue weighted by atomic mass is 10.1. The second kappa shape index (κ2) is 8.95. The zero-order chi connectivity index (χ0) is 21.1. The zero-order valence-corrected chi connectivity index (χ0v) is 16.4. The van der Waals surface area contributed by atoms with Crippen LogP contribution in [0.4, 0.5) is 24.5 Å². The summed E-state index contributed by atoms with van der Waals surface area (Å²) in [5, 5.41) is 10.7. The molecule has 0 aliphatic carbocycles. The monoisotopic (exact) mass is 422 g/mol. The average molecular weight is 423 g/mol. The number of nitrogens with zero attached hydrogens (tertiary/aromatic N) is 4. The summed E-state index contributed by atoms with van der Waals surface area (Å²) in [5.41, 5.74) is -1.81. The van der Waals surface area contributed by atoms with Crippen molar-refractivity contribution in [2.45, 2.75) is 20.0 Å². The Kier molecular flexibility index (Phi) is 7.11. The highest BCUT2D eigenvalue weighted by molar-refractivity contribution is 6.31. The van der Waals surface area contributed by atoms with E-state index in [1.165, 1.54) is 0 Å². The number of amides is 1. The number of nitro benzene ring substituents is 1. The molecule has 11 heteroatoms. The van der Waals surface area contributed by atoms with Gasteiger partial charge in [-0.3, -0.25) is 19.8 Å². The van der Waals surface area contributed by atoms with Gasteiger partial charge < -0.3 is 9.80 Å². The van der Waals surface area contributed by atoms with Gasteiger partial charge in [-0.25, -0.2) is 0 Å². The molecule has 0 spiro atoms. The molecule has 1 aliphatic rings. The number of benzene rings is 1. The first-order chi connectivity index (χ1) is 13.1. The van der Waals surface area contributed by atoms with Crippen molar-refractivity contribution in [3.63, 3.8) is 0 Å². The smallest absolute Gasteiger partial charge is 0.363 e. The summed E-state index contributed by atoms with van der Waals surface area (Å²) in [4.78, 5) is 27.9.